The van der Waals surface area contributed by atoms with Gasteiger partial charge in [0.25, 0.3) is 0 Å². The second-order valence-corrected chi connectivity index (χ2v) is 6.26. The van der Waals surface area contributed by atoms with E-state index in [1.807, 2.05) is 61.5 Å². The van der Waals surface area contributed by atoms with Gasteiger partial charge in [0.2, 0.25) is 5.95 Å². The molecule has 0 amide bonds. The number of para-hydroxylation sites is 1. The number of rotatable bonds is 8. The molecule has 0 aliphatic heterocycles. The lowest BCUT2D eigenvalue weighted by Crippen LogP contribution is -2.10. The van der Waals surface area contributed by atoms with Gasteiger partial charge >= 0.3 is 0 Å². The summed E-state index contributed by atoms with van der Waals surface area (Å²) in [5.74, 6) is 1.85. The number of fused-ring (bicyclic) bond motifs is 1. The minimum absolute atomic E-state index is 0.0129. The predicted octanol–water partition coefficient (Wildman–Crippen LogP) is 3.36. The van der Waals surface area contributed by atoms with Gasteiger partial charge in [0.15, 0.2) is 5.65 Å². The smallest absolute Gasteiger partial charge is 0.226 e. The van der Waals surface area contributed by atoms with Crippen LogP contribution in [0.2, 0.25) is 0 Å². The Morgan fingerprint density at radius 3 is 2.55 bits per heavy atom. The van der Waals surface area contributed by atoms with Gasteiger partial charge in [-0.1, -0.05) is 18.2 Å². The van der Waals surface area contributed by atoms with E-state index in [-0.39, 0.29) is 6.61 Å². The fourth-order valence-electron chi connectivity index (χ4n) is 2.95. The van der Waals surface area contributed by atoms with Crippen molar-refractivity contribution in [3.63, 3.8) is 0 Å². The van der Waals surface area contributed by atoms with Crippen molar-refractivity contribution in [2.24, 2.45) is 0 Å². The van der Waals surface area contributed by atoms with Gasteiger partial charge in [-0.15, -0.1) is 0 Å². The minimum atomic E-state index is -0.0129. The zero-order valence-electron chi connectivity index (χ0n) is 16.0. The van der Waals surface area contributed by atoms with Crippen LogP contribution in [0.5, 0.6) is 5.75 Å². The van der Waals surface area contributed by atoms with Crippen LogP contribution >= 0.6 is 0 Å². The van der Waals surface area contributed by atoms with Crippen LogP contribution in [0.15, 0.2) is 60.8 Å². The third-order valence-electron chi connectivity index (χ3n) is 4.25. The summed E-state index contributed by atoms with van der Waals surface area (Å²) in [7, 11) is 0. The Labute approximate surface area is 168 Å². The fraction of sp³-hybridized carbons (Fsp3) is 0.190. The summed E-state index contributed by atoms with van der Waals surface area (Å²) in [6, 6.07) is 17.5. The second kappa shape index (κ2) is 8.57. The quantitative estimate of drug-likeness (QED) is 0.424. The molecule has 4 aromatic rings. The lowest BCUT2D eigenvalue weighted by atomic mass is 10.3. The molecule has 0 aliphatic carbocycles. The van der Waals surface area contributed by atoms with E-state index in [4.69, 9.17) is 9.84 Å². The average molecular weight is 390 g/mol. The normalized spacial score (nSPS) is 10.8. The zero-order valence-corrected chi connectivity index (χ0v) is 16.0. The van der Waals surface area contributed by atoms with Gasteiger partial charge < -0.3 is 20.5 Å². The molecule has 0 spiro atoms. The minimum Gasteiger partial charge on any atom is -0.494 e. The average Bonchev–Trinajstić information content (AvgIpc) is 3.19. The molecule has 29 heavy (non-hydrogen) atoms. The lowest BCUT2D eigenvalue weighted by Gasteiger charge is -2.11. The first-order valence-corrected chi connectivity index (χ1v) is 9.44. The summed E-state index contributed by atoms with van der Waals surface area (Å²) in [6.07, 6.45) is 1.75. The number of ether oxygens (including phenoxy) is 1. The standard InChI is InChI=1S/C21H22N6O2/c1-2-29-17-10-8-15(9-11-17)24-19-18-14-23-27(16-6-4-3-5-7-16)20(18)26-21(25-19)22-12-13-28/h3-11,14,28H,2,12-13H2,1H3,(H2,22,24,25,26). The summed E-state index contributed by atoms with van der Waals surface area (Å²) < 4.78 is 7.26. The van der Waals surface area contributed by atoms with E-state index >= 15 is 0 Å². The number of aliphatic hydroxyl groups excluding tert-OH is 1. The molecule has 0 unspecified atom stereocenters. The molecule has 8 nitrogen and oxygen atoms in total. The van der Waals surface area contributed by atoms with E-state index < -0.39 is 0 Å². The van der Waals surface area contributed by atoms with E-state index in [1.165, 1.54) is 0 Å². The first-order valence-electron chi connectivity index (χ1n) is 9.44. The van der Waals surface area contributed by atoms with Crippen molar-refractivity contribution in [3.8, 4) is 11.4 Å². The highest BCUT2D eigenvalue weighted by molar-refractivity contribution is 5.90. The lowest BCUT2D eigenvalue weighted by molar-refractivity contribution is 0.311. The van der Waals surface area contributed by atoms with Gasteiger partial charge in [-0.2, -0.15) is 15.1 Å². The highest BCUT2D eigenvalue weighted by atomic mass is 16.5. The van der Waals surface area contributed by atoms with Crippen LogP contribution in [0.3, 0.4) is 0 Å². The van der Waals surface area contributed by atoms with Crippen molar-refractivity contribution >= 4 is 28.5 Å². The molecule has 0 atom stereocenters. The van der Waals surface area contributed by atoms with E-state index in [0.29, 0.717) is 30.6 Å². The summed E-state index contributed by atoms with van der Waals surface area (Å²) in [5.41, 5.74) is 2.44. The fourth-order valence-corrected chi connectivity index (χ4v) is 2.95. The number of benzene rings is 2. The molecule has 0 saturated heterocycles. The molecule has 148 valence electrons. The summed E-state index contributed by atoms with van der Waals surface area (Å²) >= 11 is 0. The summed E-state index contributed by atoms with van der Waals surface area (Å²) in [5, 5.41) is 20.8. The second-order valence-electron chi connectivity index (χ2n) is 6.26. The number of aliphatic hydroxyl groups is 1. The van der Waals surface area contributed by atoms with E-state index in [9.17, 15) is 0 Å². The van der Waals surface area contributed by atoms with Crippen molar-refractivity contribution in [1.82, 2.24) is 19.7 Å². The highest BCUT2D eigenvalue weighted by Crippen LogP contribution is 2.27. The Balaban J connectivity index is 1.74. The molecule has 0 saturated carbocycles. The summed E-state index contributed by atoms with van der Waals surface area (Å²) in [4.78, 5) is 9.17. The number of hydrogen-bond donors (Lipinski definition) is 3. The highest BCUT2D eigenvalue weighted by Gasteiger charge is 2.14. The SMILES string of the molecule is CCOc1ccc(Nc2nc(NCCO)nc3c2cnn3-c2ccccc2)cc1. The first kappa shape index (κ1) is 18.7. The van der Waals surface area contributed by atoms with Gasteiger partial charge in [0, 0.05) is 12.2 Å². The Morgan fingerprint density at radius 2 is 1.83 bits per heavy atom. The van der Waals surface area contributed by atoms with Crippen LogP contribution in [-0.2, 0) is 0 Å². The van der Waals surface area contributed by atoms with Crippen molar-refractivity contribution in [3.05, 3.63) is 60.8 Å². The van der Waals surface area contributed by atoms with Crippen LogP contribution in [0.1, 0.15) is 6.92 Å². The number of nitrogens with zero attached hydrogens (tertiary/aromatic N) is 4. The van der Waals surface area contributed by atoms with Gasteiger partial charge in [0.05, 0.1) is 30.5 Å². The third-order valence-corrected chi connectivity index (χ3v) is 4.25. The van der Waals surface area contributed by atoms with E-state index in [2.05, 4.69) is 25.7 Å². The molecule has 3 N–H and O–H groups in total. The maximum Gasteiger partial charge on any atom is 0.226 e. The molecular weight excluding hydrogens is 368 g/mol. The van der Waals surface area contributed by atoms with Crippen LogP contribution in [-0.4, -0.2) is 44.6 Å². The van der Waals surface area contributed by atoms with Crippen LogP contribution in [0.25, 0.3) is 16.7 Å². The topological polar surface area (TPSA) is 97.1 Å². The third kappa shape index (κ3) is 4.12. The van der Waals surface area contributed by atoms with Crippen LogP contribution in [0.4, 0.5) is 17.5 Å². The number of aromatic nitrogens is 4. The molecule has 2 aromatic carbocycles. The van der Waals surface area contributed by atoms with Crippen LogP contribution in [0, 0.1) is 0 Å². The number of anilines is 3. The van der Waals surface area contributed by atoms with Gasteiger partial charge in [-0.3, -0.25) is 0 Å². The molecule has 2 heterocycles. The Bertz CT molecular complexity index is 1080. The molecule has 8 heteroatoms. The maximum absolute atomic E-state index is 9.14. The van der Waals surface area contributed by atoms with Crippen molar-refractivity contribution in [2.75, 3.05) is 30.4 Å². The van der Waals surface area contributed by atoms with Crippen molar-refractivity contribution < 1.29 is 9.84 Å². The predicted molar refractivity (Wildman–Crippen MR) is 113 cm³/mol. The number of hydrogen-bond acceptors (Lipinski definition) is 7. The molecule has 2 aromatic heterocycles. The largest absolute Gasteiger partial charge is 0.494 e. The maximum atomic E-state index is 9.14. The Morgan fingerprint density at radius 1 is 1.03 bits per heavy atom. The van der Waals surface area contributed by atoms with Crippen molar-refractivity contribution in [2.45, 2.75) is 6.92 Å². The molecule has 0 radical (unpaired) electrons. The molecular formula is C21H22N6O2. The van der Waals surface area contributed by atoms with Crippen molar-refractivity contribution in [1.29, 1.82) is 0 Å². The zero-order chi connectivity index (χ0) is 20.1. The molecule has 0 aliphatic rings. The van der Waals surface area contributed by atoms with Gasteiger partial charge in [0.1, 0.15) is 11.6 Å². The van der Waals surface area contributed by atoms with E-state index in [0.717, 1.165) is 22.5 Å². The molecule has 4 rings (SSSR count). The summed E-state index contributed by atoms with van der Waals surface area (Å²) in [6.45, 7) is 2.92. The van der Waals surface area contributed by atoms with Gasteiger partial charge in [-0.05, 0) is 43.3 Å². The monoisotopic (exact) mass is 390 g/mol. The Kier molecular flexibility index (Phi) is 5.53. The Hall–Kier alpha value is -3.65. The van der Waals surface area contributed by atoms with Gasteiger partial charge in [-0.25, -0.2) is 4.68 Å². The van der Waals surface area contributed by atoms with E-state index in [1.54, 1.807) is 10.9 Å². The molecule has 0 bridgehead atoms. The first-order chi connectivity index (χ1) is 14.3. The molecule has 0 fully saturated rings. The number of nitrogens with one attached hydrogen (secondary N) is 2. The van der Waals surface area contributed by atoms with Crippen LogP contribution < -0.4 is 15.4 Å².